The SMILES string of the molecule is Cc1nn(CC(=O)NCCCN2CCN(C(=O)OC(C)(C)C)CC2)c(C)c1Cl. The smallest absolute Gasteiger partial charge is 0.410 e. The van der Waals surface area contributed by atoms with E-state index in [4.69, 9.17) is 16.3 Å². The molecule has 2 heterocycles. The maximum atomic E-state index is 12.1. The van der Waals surface area contributed by atoms with Crippen LogP contribution in [0.1, 0.15) is 38.6 Å². The Bertz CT molecular complexity index is 690. The van der Waals surface area contributed by atoms with Gasteiger partial charge in [0.2, 0.25) is 5.91 Å². The normalized spacial score (nSPS) is 15.6. The number of rotatable bonds is 6. The maximum absolute atomic E-state index is 12.1. The van der Waals surface area contributed by atoms with E-state index in [2.05, 4.69) is 15.3 Å². The molecule has 0 aromatic carbocycles. The van der Waals surface area contributed by atoms with Crippen LogP contribution in [0.5, 0.6) is 0 Å². The van der Waals surface area contributed by atoms with Crippen LogP contribution in [-0.2, 0) is 16.1 Å². The average Bonchev–Trinajstić information content (AvgIpc) is 2.84. The summed E-state index contributed by atoms with van der Waals surface area (Å²) < 4.78 is 7.04. The highest BCUT2D eigenvalue weighted by Crippen LogP contribution is 2.18. The zero-order chi connectivity index (χ0) is 20.9. The molecule has 1 aromatic heterocycles. The number of aromatic nitrogens is 2. The van der Waals surface area contributed by atoms with Crippen LogP contribution in [0.3, 0.4) is 0 Å². The van der Waals surface area contributed by atoms with E-state index >= 15 is 0 Å². The van der Waals surface area contributed by atoms with Gasteiger partial charge < -0.3 is 15.0 Å². The largest absolute Gasteiger partial charge is 0.444 e. The molecule has 0 radical (unpaired) electrons. The van der Waals surface area contributed by atoms with Gasteiger partial charge in [0.05, 0.1) is 16.4 Å². The third-order valence-electron chi connectivity index (χ3n) is 4.58. The fourth-order valence-electron chi connectivity index (χ4n) is 3.03. The van der Waals surface area contributed by atoms with Crippen molar-refractivity contribution in [1.82, 2.24) is 24.9 Å². The Hall–Kier alpha value is -1.80. The molecule has 1 aliphatic rings. The Morgan fingerprint density at radius 2 is 1.82 bits per heavy atom. The number of carbonyl (C=O) groups excluding carboxylic acids is 2. The summed E-state index contributed by atoms with van der Waals surface area (Å²) in [4.78, 5) is 28.2. The van der Waals surface area contributed by atoms with Crippen LogP contribution in [0.2, 0.25) is 5.02 Å². The summed E-state index contributed by atoms with van der Waals surface area (Å²) in [6, 6.07) is 0. The number of aryl methyl sites for hydroxylation is 1. The fourth-order valence-corrected chi connectivity index (χ4v) is 3.17. The molecule has 1 N–H and O–H groups in total. The van der Waals surface area contributed by atoms with Gasteiger partial charge in [-0.2, -0.15) is 5.10 Å². The van der Waals surface area contributed by atoms with E-state index < -0.39 is 5.60 Å². The van der Waals surface area contributed by atoms with Gasteiger partial charge in [0, 0.05) is 32.7 Å². The topological polar surface area (TPSA) is 79.7 Å². The number of carbonyl (C=O) groups is 2. The van der Waals surface area contributed by atoms with E-state index in [-0.39, 0.29) is 18.5 Å². The quantitative estimate of drug-likeness (QED) is 0.723. The third-order valence-corrected chi connectivity index (χ3v) is 5.13. The fraction of sp³-hybridized carbons (Fsp3) is 0.737. The lowest BCUT2D eigenvalue weighted by Crippen LogP contribution is -2.50. The lowest BCUT2D eigenvalue weighted by molar-refractivity contribution is -0.121. The second-order valence-corrected chi connectivity index (χ2v) is 8.53. The van der Waals surface area contributed by atoms with E-state index in [1.807, 2.05) is 34.6 Å². The van der Waals surface area contributed by atoms with E-state index in [9.17, 15) is 9.59 Å². The molecule has 8 nitrogen and oxygen atoms in total. The highest BCUT2D eigenvalue weighted by atomic mass is 35.5. The molecule has 28 heavy (non-hydrogen) atoms. The van der Waals surface area contributed by atoms with E-state index in [1.165, 1.54) is 0 Å². The van der Waals surface area contributed by atoms with Crippen molar-refractivity contribution in [1.29, 1.82) is 0 Å². The molecule has 1 fully saturated rings. The predicted molar refractivity (Wildman–Crippen MR) is 109 cm³/mol. The monoisotopic (exact) mass is 413 g/mol. The van der Waals surface area contributed by atoms with Gasteiger partial charge >= 0.3 is 6.09 Å². The summed E-state index contributed by atoms with van der Waals surface area (Å²) in [5.74, 6) is -0.0722. The van der Waals surface area contributed by atoms with Crippen LogP contribution in [0.4, 0.5) is 4.79 Å². The van der Waals surface area contributed by atoms with Crippen molar-refractivity contribution in [3.63, 3.8) is 0 Å². The van der Waals surface area contributed by atoms with Crippen LogP contribution in [-0.4, -0.2) is 76.5 Å². The van der Waals surface area contributed by atoms with Gasteiger partial charge in [-0.05, 0) is 47.6 Å². The van der Waals surface area contributed by atoms with Crippen molar-refractivity contribution in [3.8, 4) is 0 Å². The van der Waals surface area contributed by atoms with Crippen molar-refractivity contribution in [2.24, 2.45) is 0 Å². The number of hydrogen-bond acceptors (Lipinski definition) is 5. The van der Waals surface area contributed by atoms with Gasteiger partial charge in [0.15, 0.2) is 0 Å². The van der Waals surface area contributed by atoms with Crippen molar-refractivity contribution in [3.05, 3.63) is 16.4 Å². The minimum absolute atomic E-state index is 0.0722. The highest BCUT2D eigenvalue weighted by Gasteiger charge is 2.25. The molecule has 0 bridgehead atoms. The van der Waals surface area contributed by atoms with Gasteiger partial charge in [-0.25, -0.2) is 4.79 Å². The highest BCUT2D eigenvalue weighted by molar-refractivity contribution is 6.31. The molecule has 2 rings (SSSR count). The zero-order valence-corrected chi connectivity index (χ0v) is 18.3. The van der Waals surface area contributed by atoms with Gasteiger partial charge in [-0.15, -0.1) is 0 Å². The summed E-state index contributed by atoms with van der Waals surface area (Å²) in [5.41, 5.74) is 1.07. The molecule has 1 aromatic rings. The Kier molecular flexibility index (Phi) is 7.71. The number of halogens is 1. The van der Waals surface area contributed by atoms with Crippen LogP contribution in [0, 0.1) is 13.8 Å². The number of amides is 2. The van der Waals surface area contributed by atoms with E-state index in [0.29, 0.717) is 24.7 Å². The van der Waals surface area contributed by atoms with E-state index in [1.54, 1.807) is 9.58 Å². The number of hydrogen-bond donors (Lipinski definition) is 1. The zero-order valence-electron chi connectivity index (χ0n) is 17.5. The molecule has 0 spiro atoms. The number of ether oxygens (including phenoxy) is 1. The van der Waals surface area contributed by atoms with Crippen molar-refractivity contribution < 1.29 is 14.3 Å². The second kappa shape index (κ2) is 9.60. The first-order valence-corrected chi connectivity index (χ1v) is 10.1. The molecule has 1 saturated heterocycles. The summed E-state index contributed by atoms with van der Waals surface area (Å²) >= 11 is 6.10. The minimum atomic E-state index is -0.467. The number of piperazine rings is 1. The molecule has 0 atom stereocenters. The van der Waals surface area contributed by atoms with Crippen LogP contribution >= 0.6 is 11.6 Å². The standard InChI is InChI=1S/C19H32ClN5O3/c1-14-17(20)15(2)25(22-14)13-16(26)21-7-6-8-23-9-11-24(12-10-23)18(27)28-19(3,4)5/h6-13H2,1-5H3,(H,21,26). The lowest BCUT2D eigenvalue weighted by Gasteiger charge is -2.35. The molecule has 2 amide bonds. The molecule has 0 aliphatic carbocycles. The summed E-state index contributed by atoms with van der Waals surface area (Å²) in [6.07, 6.45) is 0.611. The average molecular weight is 414 g/mol. The van der Waals surface area contributed by atoms with E-state index in [0.717, 1.165) is 37.4 Å². The number of nitrogens with one attached hydrogen (secondary N) is 1. The first-order valence-electron chi connectivity index (χ1n) is 9.73. The predicted octanol–water partition coefficient (Wildman–Crippen LogP) is 2.21. The molecule has 1 aliphatic heterocycles. The summed E-state index contributed by atoms with van der Waals surface area (Å²) in [7, 11) is 0. The van der Waals surface area contributed by atoms with Gasteiger partial charge in [0.25, 0.3) is 0 Å². The third kappa shape index (κ3) is 6.67. The Labute approximate surface area is 172 Å². The maximum Gasteiger partial charge on any atom is 0.410 e. The molecule has 0 saturated carbocycles. The van der Waals surface area contributed by atoms with Gasteiger partial charge in [0.1, 0.15) is 12.1 Å². The van der Waals surface area contributed by atoms with Crippen LogP contribution < -0.4 is 5.32 Å². The van der Waals surface area contributed by atoms with Crippen LogP contribution in [0.25, 0.3) is 0 Å². The van der Waals surface area contributed by atoms with Gasteiger partial charge in [-0.1, -0.05) is 11.6 Å². The first-order chi connectivity index (χ1) is 13.1. The van der Waals surface area contributed by atoms with Crippen LogP contribution in [0.15, 0.2) is 0 Å². The van der Waals surface area contributed by atoms with Crippen molar-refractivity contribution in [2.45, 2.75) is 53.2 Å². The summed E-state index contributed by atoms with van der Waals surface area (Å²) in [6.45, 7) is 13.9. The molecule has 158 valence electrons. The molecular formula is C19H32ClN5O3. The van der Waals surface area contributed by atoms with Gasteiger partial charge in [-0.3, -0.25) is 14.4 Å². The lowest BCUT2D eigenvalue weighted by atomic mass is 10.2. The Balaban J connectivity index is 1.62. The number of nitrogens with zero attached hydrogens (tertiary/aromatic N) is 4. The second-order valence-electron chi connectivity index (χ2n) is 8.15. The summed E-state index contributed by atoms with van der Waals surface area (Å²) in [5, 5.41) is 7.80. The molecule has 0 unspecified atom stereocenters. The Morgan fingerprint density at radius 1 is 1.18 bits per heavy atom. The minimum Gasteiger partial charge on any atom is -0.444 e. The van der Waals surface area contributed by atoms with Crippen molar-refractivity contribution >= 4 is 23.6 Å². The molecular weight excluding hydrogens is 382 g/mol. The van der Waals surface area contributed by atoms with Crippen molar-refractivity contribution in [2.75, 3.05) is 39.3 Å². The first kappa shape index (κ1) is 22.5. The Morgan fingerprint density at radius 3 is 2.36 bits per heavy atom. The molecule has 9 heteroatoms.